The number of amides is 1. The Labute approximate surface area is 162 Å². The van der Waals surface area contributed by atoms with Crippen LogP contribution in [0.4, 0.5) is 0 Å². The van der Waals surface area contributed by atoms with E-state index in [4.69, 9.17) is 23.2 Å². The molecule has 1 amide bonds. The Morgan fingerprint density at radius 2 is 2.00 bits per heavy atom. The maximum Gasteiger partial charge on any atom is 0.328 e. The predicted molar refractivity (Wildman–Crippen MR) is 102 cm³/mol. The Morgan fingerprint density at radius 1 is 1.32 bits per heavy atom. The second-order valence-corrected chi connectivity index (χ2v) is 7.25. The van der Waals surface area contributed by atoms with Gasteiger partial charge in [-0.3, -0.25) is 14.2 Å². The largest absolute Gasteiger partial charge is 0.348 e. The lowest BCUT2D eigenvalue weighted by Crippen LogP contribution is -2.40. The Balaban J connectivity index is 2.04. The van der Waals surface area contributed by atoms with E-state index in [9.17, 15) is 14.4 Å². The quantitative estimate of drug-likeness (QED) is 0.737. The Hall–Kier alpha value is -1.57. The highest BCUT2D eigenvalue weighted by molar-refractivity contribution is 9.10. The van der Waals surface area contributed by atoms with Gasteiger partial charge in [0.25, 0.3) is 11.5 Å². The molecule has 1 aromatic carbocycles. The van der Waals surface area contributed by atoms with Crippen LogP contribution in [-0.4, -0.2) is 21.5 Å². The van der Waals surface area contributed by atoms with Crippen molar-refractivity contribution in [3.8, 4) is 0 Å². The van der Waals surface area contributed by atoms with Gasteiger partial charge in [-0.25, -0.2) is 4.79 Å². The number of nitrogens with one attached hydrogen (secondary N) is 2. The molecule has 0 saturated carbocycles. The minimum atomic E-state index is -0.651. The highest BCUT2D eigenvalue weighted by Gasteiger charge is 2.18. The van der Waals surface area contributed by atoms with E-state index in [1.807, 2.05) is 13.0 Å². The van der Waals surface area contributed by atoms with Crippen LogP contribution in [0.1, 0.15) is 29.4 Å². The molecule has 25 heavy (non-hydrogen) atoms. The van der Waals surface area contributed by atoms with E-state index in [-0.39, 0.29) is 16.2 Å². The summed E-state index contributed by atoms with van der Waals surface area (Å²) in [5.74, 6) is -0.525. The molecule has 0 radical (unpaired) electrons. The molecule has 0 aliphatic carbocycles. The van der Waals surface area contributed by atoms with Crippen LogP contribution in [0, 0.1) is 0 Å². The fraction of sp³-hybridized carbons (Fsp3) is 0.312. The van der Waals surface area contributed by atoms with Crippen LogP contribution >= 0.6 is 39.1 Å². The van der Waals surface area contributed by atoms with Gasteiger partial charge < -0.3 is 10.3 Å². The second-order valence-electron chi connectivity index (χ2n) is 5.64. The highest BCUT2D eigenvalue weighted by Crippen LogP contribution is 2.23. The predicted octanol–water partition coefficient (Wildman–Crippen LogP) is 2.89. The van der Waals surface area contributed by atoms with Gasteiger partial charge in [0.05, 0.1) is 10.0 Å². The molecular weight excluding hydrogens is 433 g/mol. The molecule has 0 saturated heterocycles. The summed E-state index contributed by atoms with van der Waals surface area (Å²) in [5, 5.41) is 3.74. The topological polar surface area (TPSA) is 84.0 Å². The van der Waals surface area contributed by atoms with Gasteiger partial charge in [-0.15, -0.1) is 0 Å². The number of aromatic amines is 1. The minimum absolute atomic E-state index is 0.0174. The van der Waals surface area contributed by atoms with Crippen molar-refractivity contribution in [1.82, 2.24) is 14.9 Å². The molecule has 2 rings (SSSR count). The van der Waals surface area contributed by atoms with Gasteiger partial charge in [0, 0.05) is 13.1 Å². The number of aryl methyl sites for hydroxylation is 1. The molecule has 0 bridgehead atoms. The third kappa shape index (κ3) is 4.74. The van der Waals surface area contributed by atoms with Crippen molar-refractivity contribution in [2.75, 3.05) is 0 Å². The SMILES string of the molecule is CC(CCc1ccc(Cl)c(Cl)c1)NC(=O)c1[nH]c(=O)n(C)c(=O)c1Br. The summed E-state index contributed by atoms with van der Waals surface area (Å²) in [6, 6.07) is 5.20. The van der Waals surface area contributed by atoms with Crippen LogP contribution in [-0.2, 0) is 13.5 Å². The molecular formula is C16H16BrCl2N3O3. The van der Waals surface area contributed by atoms with Crippen LogP contribution in [0.5, 0.6) is 0 Å². The van der Waals surface area contributed by atoms with E-state index >= 15 is 0 Å². The van der Waals surface area contributed by atoms with Gasteiger partial charge in [-0.2, -0.15) is 0 Å². The van der Waals surface area contributed by atoms with E-state index in [2.05, 4.69) is 26.2 Å². The first-order valence-corrected chi connectivity index (χ1v) is 8.99. The van der Waals surface area contributed by atoms with E-state index < -0.39 is 17.2 Å². The van der Waals surface area contributed by atoms with Gasteiger partial charge in [-0.1, -0.05) is 29.3 Å². The molecule has 1 atom stereocenters. The number of nitrogens with zero attached hydrogens (tertiary/aromatic N) is 1. The lowest BCUT2D eigenvalue weighted by molar-refractivity contribution is 0.0931. The summed E-state index contributed by atoms with van der Waals surface area (Å²) in [6.45, 7) is 1.84. The average molecular weight is 449 g/mol. The van der Waals surface area contributed by atoms with E-state index in [1.54, 1.807) is 12.1 Å². The summed E-state index contributed by atoms with van der Waals surface area (Å²) in [7, 11) is 1.33. The molecule has 2 aromatic rings. The van der Waals surface area contributed by atoms with Crippen molar-refractivity contribution in [1.29, 1.82) is 0 Å². The van der Waals surface area contributed by atoms with Gasteiger partial charge in [-0.05, 0) is 53.4 Å². The fourth-order valence-electron chi connectivity index (χ4n) is 2.19. The number of hydrogen-bond donors (Lipinski definition) is 2. The van der Waals surface area contributed by atoms with Crippen molar-refractivity contribution in [2.45, 2.75) is 25.8 Å². The molecule has 1 heterocycles. The summed E-state index contributed by atoms with van der Waals surface area (Å²) in [6.07, 6.45) is 1.34. The van der Waals surface area contributed by atoms with Crippen molar-refractivity contribution >= 4 is 45.0 Å². The van der Waals surface area contributed by atoms with Crippen LogP contribution in [0.3, 0.4) is 0 Å². The van der Waals surface area contributed by atoms with Gasteiger partial charge >= 0.3 is 5.69 Å². The maximum atomic E-state index is 12.3. The zero-order chi connectivity index (χ0) is 18.7. The molecule has 0 fully saturated rings. The average Bonchev–Trinajstić information content (AvgIpc) is 2.57. The maximum absolute atomic E-state index is 12.3. The highest BCUT2D eigenvalue weighted by atomic mass is 79.9. The van der Waals surface area contributed by atoms with E-state index in [0.717, 1.165) is 10.1 Å². The molecule has 1 unspecified atom stereocenters. The third-order valence-corrected chi connectivity index (χ3v) is 5.18. The number of halogens is 3. The first-order chi connectivity index (χ1) is 11.7. The number of hydrogen-bond acceptors (Lipinski definition) is 3. The Kier molecular flexibility index (Phi) is 6.48. The molecule has 1 aromatic heterocycles. The Bertz CT molecular complexity index is 924. The molecule has 0 aliphatic rings. The minimum Gasteiger partial charge on any atom is -0.348 e. The number of carbonyl (C=O) groups excluding carboxylic acids is 1. The molecule has 134 valence electrons. The lowest BCUT2D eigenvalue weighted by atomic mass is 10.1. The second kappa shape index (κ2) is 8.21. The molecule has 9 heteroatoms. The Morgan fingerprint density at radius 3 is 2.64 bits per heavy atom. The van der Waals surface area contributed by atoms with Crippen molar-refractivity contribution in [2.24, 2.45) is 7.05 Å². The molecule has 6 nitrogen and oxygen atoms in total. The van der Waals surface area contributed by atoms with Gasteiger partial charge in [0.15, 0.2) is 0 Å². The number of aromatic nitrogens is 2. The first-order valence-electron chi connectivity index (χ1n) is 7.44. The van der Waals surface area contributed by atoms with Gasteiger partial charge in [0.1, 0.15) is 10.2 Å². The standard InChI is InChI=1S/C16H16BrCl2N3O3/c1-8(3-4-9-5-6-10(18)11(19)7-9)20-14(23)13-12(17)15(24)22(2)16(25)21-13/h5-8H,3-4H2,1-2H3,(H,20,23)(H,21,25). The monoisotopic (exact) mass is 447 g/mol. The summed E-state index contributed by atoms with van der Waals surface area (Å²) in [5.41, 5.74) is -0.313. The number of carbonyl (C=O) groups is 1. The van der Waals surface area contributed by atoms with Crippen LogP contribution < -0.4 is 16.6 Å². The van der Waals surface area contributed by atoms with Crippen LogP contribution in [0.2, 0.25) is 10.0 Å². The third-order valence-electron chi connectivity index (χ3n) is 3.70. The first kappa shape index (κ1) is 19.8. The fourth-order valence-corrected chi connectivity index (χ4v) is 3.06. The van der Waals surface area contributed by atoms with Crippen molar-refractivity contribution < 1.29 is 4.79 Å². The normalized spacial score (nSPS) is 12.0. The zero-order valence-electron chi connectivity index (χ0n) is 13.5. The van der Waals surface area contributed by atoms with E-state index in [0.29, 0.717) is 22.9 Å². The smallest absolute Gasteiger partial charge is 0.328 e. The van der Waals surface area contributed by atoms with Crippen LogP contribution in [0.25, 0.3) is 0 Å². The van der Waals surface area contributed by atoms with Crippen molar-refractivity contribution in [3.05, 3.63) is 64.8 Å². The molecule has 2 N–H and O–H groups in total. The summed E-state index contributed by atoms with van der Waals surface area (Å²) < 4.78 is 0.901. The molecule has 0 spiro atoms. The van der Waals surface area contributed by atoms with Gasteiger partial charge in [0.2, 0.25) is 0 Å². The van der Waals surface area contributed by atoms with Crippen LogP contribution in [0.15, 0.2) is 32.3 Å². The summed E-state index contributed by atoms with van der Waals surface area (Å²) >= 11 is 14.9. The van der Waals surface area contributed by atoms with Crippen molar-refractivity contribution in [3.63, 3.8) is 0 Å². The number of H-pyrrole nitrogens is 1. The van der Waals surface area contributed by atoms with E-state index in [1.165, 1.54) is 7.05 Å². The summed E-state index contributed by atoms with van der Waals surface area (Å²) in [4.78, 5) is 38.2. The lowest BCUT2D eigenvalue weighted by Gasteiger charge is -2.14. The molecule has 0 aliphatic heterocycles. The number of rotatable bonds is 5. The number of benzene rings is 1. The zero-order valence-corrected chi connectivity index (χ0v) is 16.6.